The minimum Gasteiger partial charge on any atom is -0.393 e. The van der Waals surface area contributed by atoms with Crippen molar-refractivity contribution in [2.24, 2.45) is 0 Å². The molecule has 2 N–H and O–H groups in total. The number of hydrogen-bond acceptors (Lipinski definition) is 2. The lowest BCUT2D eigenvalue weighted by atomic mass is 9.89. The molecular formula is C12H16BrNO. The highest BCUT2D eigenvalue weighted by Crippen LogP contribution is 2.21. The van der Waals surface area contributed by atoms with Gasteiger partial charge in [0.05, 0.1) is 6.10 Å². The van der Waals surface area contributed by atoms with Crippen molar-refractivity contribution in [2.75, 3.05) is 0 Å². The smallest absolute Gasteiger partial charge is 0.0570 e. The molecule has 0 unspecified atom stereocenters. The van der Waals surface area contributed by atoms with Crippen molar-refractivity contribution in [3.05, 3.63) is 33.8 Å². The van der Waals surface area contributed by atoms with Gasteiger partial charge in [-0.3, -0.25) is 0 Å². The third-order valence-corrected chi connectivity index (χ3v) is 3.80. The molecule has 0 amide bonds. The number of aliphatic hydroxyl groups is 1. The zero-order valence-electron chi connectivity index (χ0n) is 8.83. The van der Waals surface area contributed by atoms with Crippen molar-refractivity contribution in [3.63, 3.8) is 0 Å². The van der Waals surface area contributed by atoms with E-state index in [0.717, 1.165) is 23.9 Å². The van der Waals surface area contributed by atoms with E-state index in [1.54, 1.807) is 0 Å². The predicted molar refractivity (Wildman–Crippen MR) is 64.7 cm³/mol. The summed E-state index contributed by atoms with van der Waals surface area (Å²) in [6.07, 6.45) is 1.72. The third kappa shape index (κ3) is 2.80. The highest BCUT2D eigenvalue weighted by atomic mass is 79.9. The van der Waals surface area contributed by atoms with Gasteiger partial charge < -0.3 is 10.4 Å². The summed E-state index contributed by atoms with van der Waals surface area (Å²) in [7, 11) is 0. The van der Waals surface area contributed by atoms with Crippen LogP contribution in [0.3, 0.4) is 0 Å². The molecule has 0 aliphatic heterocycles. The number of hydrogen-bond donors (Lipinski definition) is 2. The van der Waals surface area contributed by atoms with Crippen LogP contribution in [0.5, 0.6) is 0 Å². The van der Waals surface area contributed by atoms with E-state index in [0.29, 0.717) is 6.04 Å². The van der Waals surface area contributed by atoms with Gasteiger partial charge in [-0.1, -0.05) is 28.1 Å². The molecule has 3 heteroatoms. The average Bonchev–Trinajstić information content (AvgIpc) is 2.16. The summed E-state index contributed by atoms with van der Waals surface area (Å²) in [6.45, 7) is 2.97. The molecule has 0 spiro atoms. The van der Waals surface area contributed by atoms with Gasteiger partial charge in [0.15, 0.2) is 0 Å². The van der Waals surface area contributed by atoms with Gasteiger partial charge >= 0.3 is 0 Å². The standard InChI is InChI=1S/C12H16BrNO/c1-8-2-3-9(4-12(8)13)7-14-10-5-11(15)6-10/h2-4,10-11,14-15H,5-7H2,1H3. The van der Waals surface area contributed by atoms with Gasteiger partial charge in [0.2, 0.25) is 0 Å². The fourth-order valence-corrected chi connectivity index (χ4v) is 2.19. The quantitative estimate of drug-likeness (QED) is 0.883. The minimum absolute atomic E-state index is 0.0766. The van der Waals surface area contributed by atoms with Gasteiger partial charge in [-0.25, -0.2) is 0 Å². The van der Waals surface area contributed by atoms with Crippen LogP contribution in [0, 0.1) is 6.92 Å². The Bertz CT molecular complexity index is 347. The number of nitrogens with one attached hydrogen (secondary N) is 1. The highest BCUT2D eigenvalue weighted by Gasteiger charge is 2.26. The van der Waals surface area contributed by atoms with Crippen LogP contribution in [0.4, 0.5) is 0 Å². The largest absolute Gasteiger partial charge is 0.393 e. The van der Waals surface area contributed by atoms with E-state index in [4.69, 9.17) is 5.11 Å². The third-order valence-electron chi connectivity index (χ3n) is 2.94. The Labute approximate surface area is 98.8 Å². The first-order valence-electron chi connectivity index (χ1n) is 5.31. The first-order chi connectivity index (χ1) is 7.15. The molecule has 0 atom stereocenters. The van der Waals surface area contributed by atoms with E-state index in [-0.39, 0.29) is 6.10 Å². The van der Waals surface area contributed by atoms with Crippen molar-refractivity contribution in [1.82, 2.24) is 5.32 Å². The van der Waals surface area contributed by atoms with Crippen LogP contribution in [0.2, 0.25) is 0 Å². The zero-order valence-corrected chi connectivity index (χ0v) is 10.4. The molecular weight excluding hydrogens is 254 g/mol. The molecule has 0 aromatic heterocycles. The summed E-state index contributed by atoms with van der Waals surface area (Å²) < 4.78 is 1.16. The molecule has 0 radical (unpaired) electrons. The number of halogens is 1. The van der Waals surface area contributed by atoms with Gasteiger partial charge in [-0.2, -0.15) is 0 Å². The topological polar surface area (TPSA) is 32.3 Å². The summed E-state index contributed by atoms with van der Waals surface area (Å²) in [6, 6.07) is 6.91. The maximum Gasteiger partial charge on any atom is 0.0570 e. The zero-order chi connectivity index (χ0) is 10.8. The van der Waals surface area contributed by atoms with Crippen LogP contribution in [-0.4, -0.2) is 17.3 Å². The van der Waals surface area contributed by atoms with Crippen LogP contribution >= 0.6 is 15.9 Å². The molecule has 0 saturated heterocycles. The van der Waals surface area contributed by atoms with Crippen LogP contribution in [0.1, 0.15) is 24.0 Å². The summed E-state index contributed by atoms with van der Waals surface area (Å²) in [5.41, 5.74) is 2.55. The molecule has 2 nitrogen and oxygen atoms in total. The lowest BCUT2D eigenvalue weighted by molar-refractivity contribution is 0.0619. The van der Waals surface area contributed by atoms with Crippen LogP contribution < -0.4 is 5.32 Å². The predicted octanol–water partition coefficient (Wildman–Crippen LogP) is 2.37. The lowest BCUT2D eigenvalue weighted by Gasteiger charge is -2.32. The summed E-state index contributed by atoms with van der Waals surface area (Å²) in [5, 5.41) is 12.6. The van der Waals surface area contributed by atoms with E-state index >= 15 is 0 Å². The minimum atomic E-state index is -0.0766. The SMILES string of the molecule is Cc1ccc(CNC2CC(O)C2)cc1Br. The second kappa shape index (κ2) is 4.64. The molecule has 1 aromatic rings. The van der Waals surface area contributed by atoms with Crippen molar-refractivity contribution < 1.29 is 5.11 Å². The fourth-order valence-electron chi connectivity index (χ4n) is 1.76. The van der Waals surface area contributed by atoms with E-state index in [9.17, 15) is 0 Å². The number of benzene rings is 1. The van der Waals surface area contributed by atoms with Crippen molar-refractivity contribution in [2.45, 2.75) is 38.5 Å². The molecule has 1 aliphatic rings. The lowest BCUT2D eigenvalue weighted by Crippen LogP contribution is -2.43. The molecule has 0 heterocycles. The summed E-state index contributed by atoms with van der Waals surface area (Å²) in [4.78, 5) is 0. The van der Waals surface area contributed by atoms with E-state index in [1.165, 1.54) is 11.1 Å². The maximum atomic E-state index is 9.15. The number of rotatable bonds is 3. The Kier molecular flexibility index (Phi) is 3.44. The molecule has 1 fully saturated rings. The Morgan fingerprint density at radius 1 is 1.47 bits per heavy atom. The second-order valence-electron chi connectivity index (χ2n) is 4.29. The molecule has 1 aromatic carbocycles. The average molecular weight is 270 g/mol. The first-order valence-corrected chi connectivity index (χ1v) is 6.11. The maximum absolute atomic E-state index is 9.15. The first kappa shape index (κ1) is 11.1. The van der Waals surface area contributed by atoms with Crippen molar-refractivity contribution >= 4 is 15.9 Å². The van der Waals surface area contributed by atoms with Crippen LogP contribution in [-0.2, 0) is 6.54 Å². The van der Waals surface area contributed by atoms with Crippen molar-refractivity contribution in [3.8, 4) is 0 Å². The van der Waals surface area contributed by atoms with Gasteiger partial charge in [0.25, 0.3) is 0 Å². The Hall–Kier alpha value is -0.380. The number of aliphatic hydroxyl groups excluding tert-OH is 1. The van der Waals surface area contributed by atoms with Gasteiger partial charge in [0.1, 0.15) is 0 Å². The molecule has 2 rings (SSSR count). The summed E-state index contributed by atoms with van der Waals surface area (Å²) in [5.74, 6) is 0. The van der Waals surface area contributed by atoms with E-state index in [2.05, 4.69) is 46.4 Å². The van der Waals surface area contributed by atoms with Crippen LogP contribution in [0.25, 0.3) is 0 Å². The Balaban J connectivity index is 1.86. The van der Waals surface area contributed by atoms with Gasteiger partial charge in [-0.15, -0.1) is 0 Å². The molecule has 82 valence electrons. The Morgan fingerprint density at radius 3 is 2.80 bits per heavy atom. The molecule has 1 aliphatic carbocycles. The monoisotopic (exact) mass is 269 g/mol. The summed E-state index contributed by atoms with van der Waals surface area (Å²) >= 11 is 3.53. The number of aryl methyl sites for hydroxylation is 1. The highest BCUT2D eigenvalue weighted by molar-refractivity contribution is 9.10. The van der Waals surface area contributed by atoms with Crippen molar-refractivity contribution in [1.29, 1.82) is 0 Å². The van der Waals surface area contributed by atoms with Gasteiger partial charge in [0, 0.05) is 17.1 Å². The molecule has 0 bridgehead atoms. The van der Waals surface area contributed by atoms with Crippen LogP contribution in [0.15, 0.2) is 22.7 Å². The normalized spacial score (nSPS) is 25.0. The molecule has 1 saturated carbocycles. The second-order valence-corrected chi connectivity index (χ2v) is 5.14. The van der Waals surface area contributed by atoms with Gasteiger partial charge in [-0.05, 0) is 37.0 Å². The van der Waals surface area contributed by atoms with E-state index in [1.807, 2.05) is 0 Å². The molecule has 15 heavy (non-hydrogen) atoms. The van der Waals surface area contributed by atoms with E-state index < -0.39 is 0 Å². The fraction of sp³-hybridized carbons (Fsp3) is 0.500. The Morgan fingerprint density at radius 2 is 2.20 bits per heavy atom.